The monoisotopic (exact) mass is 251 g/mol. The van der Waals surface area contributed by atoms with E-state index in [1.165, 1.54) is 0 Å². The molecular formula is C13H18ClN3. The summed E-state index contributed by atoms with van der Waals surface area (Å²) in [6.45, 7) is 6.89. The lowest BCUT2D eigenvalue weighted by Gasteiger charge is -2.24. The Hall–Kier alpha value is -1.06. The molecule has 3 nitrogen and oxygen atoms in total. The number of likely N-dealkylation sites (N-methyl/N-ethyl adjacent to an activating group) is 1. The lowest BCUT2D eigenvalue weighted by Crippen LogP contribution is -2.36. The smallest absolute Gasteiger partial charge is 0.121 e. The average molecular weight is 252 g/mol. The van der Waals surface area contributed by atoms with E-state index in [9.17, 15) is 0 Å². The van der Waals surface area contributed by atoms with Gasteiger partial charge in [0.05, 0.1) is 12.6 Å². The fourth-order valence-electron chi connectivity index (χ4n) is 2.22. The van der Waals surface area contributed by atoms with E-state index in [0.29, 0.717) is 0 Å². The molecule has 0 spiro atoms. The maximum Gasteiger partial charge on any atom is 0.121 e. The number of halogens is 1. The van der Waals surface area contributed by atoms with Gasteiger partial charge < -0.3 is 10.6 Å². The quantitative estimate of drug-likeness (QED) is 0.896. The number of amidine groups is 1. The van der Waals surface area contributed by atoms with Crippen LogP contribution in [0.15, 0.2) is 23.2 Å². The Labute approximate surface area is 107 Å². The maximum atomic E-state index is 6.30. The first-order valence-electron chi connectivity index (χ1n) is 5.95. The molecule has 92 valence electrons. The fourth-order valence-corrected chi connectivity index (χ4v) is 2.40. The molecule has 0 bridgehead atoms. The Bertz CT molecular complexity index is 442. The van der Waals surface area contributed by atoms with Gasteiger partial charge in [0.15, 0.2) is 0 Å². The summed E-state index contributed by atoms with van der Waals surface area (Å²) in [4.78, 5) is 6.74. The maximum absolute atomic E-state index is 6.30. The van der Waals surface area contributed by atoms with Crippen LogP contribution in [0.2, 0.25) is 5.02 Å². The number of aliphatic imine (C=N–C) groups is 1. The predicted octanol–water partition coefficient (Wildman–Crippen LogP) is 2.38. The van der Waals surface area contributed by atoms with Gasteiger partial charge in [-0.2, -0.15) is 0 Å². The summed E-state index contributed by atoms with van der Waals surface area (Å²) in [6.07, 6.45) is 0. The lowest BCUT2D eigenvalue weighted by atomic mass is 10.0. The third-order valence-corrected chi connectivity index (χ3v) is 3.68. The van der Waals surface area contributed by atoms with Crippen molar-refractivity contribution in [2.45, 2.75) is 19.9 Å². The number of benzene rings is 1. The van der Waals surface area contributed by atoms with Crippen LogP contribution in [0.4, 0.5) is 0 Å². The molecular weight excluding hydrogens is 234 g/mol. The van der Waals surface area contributed by atoms with Crippen molar-refractivity contribution in [1.82, 2.24) is 4.90 Å². The molecule has 0 fully saturated rings. The summed E-state index contributed by atoms with van der Waals surface area (Å²) < 4.78 is 0. The molecule has 0 saturated heterocycles. The Morgan fingerprint density at radius 3 is 3.00 bits per heavy atom. The number of hydrogen-bond acceptors (Lipinski definition) is 3. The Morgan fingerprint density at radius 1 is 1.53 bits per heavy atom. The second-order valence-corrected chi connectivity index (χ2v) is 4.66. The highest BCUT2D eigenvalue weighted by Gasteiger charge is 2.24. The minimum Gasteiger partial charge on any atom is -0.357 e. The number of hydrogen-bond donors (Lipinski definition) is 1. The van der Waals surface area contributed by atoms with Crippen molar-refractivity contribution < 1.29 is 0 Å². The normalized spacial score (nSPS) is 17.2. The molecule has 1 unspecified atom stereocenters. The summed E-state index contributed by atoms with van der Waals surface area (Å²) >= 11 is 6.13. The average Bonchev–Trinajstić information content (AvgIpc) is 2.80. The van der Waals surface area contributed by atoms with Crippen molar-refractivity contribution in [2.24, 2.45) is 10.7 Å². The van der Waals surface area contributed by atoms with Gasteiger partial charge in [0, 0.05) is 18.1 Å². The van der Waals surface area contributed by atoms with Crippen LogP contribution in [0.25, 0.3) is 0 Å². The first-order chi connectivity index (χ1) is 8.15. The molecule has 0 saturated carbocycles. The summed E-state index contributed by atoms with van der Waals surface area (Å²) in [7, 11) is 0. The van der Waals surface area contributed by atoms with Crippen molar-refractivity contribution in [2.75, 3.05) is 19.6 Å². The van der Waals surface area contributed by atoms with Crippen molar-refractivity contribution in [3.8, 4) is 0 Å². The molecule has 4 heteroatoms. The highest BCUT2D eigenvalue weighted by molar-refractivity contribution is 6.31. The minimum absolute atomic E-state index is 0.170. The largest absolute Gasteiger partial charge is 0.357 e. The molecule has 0 radical (unpaired) electrons. The molecule has 1 heterocycles. The third-order valence-electron chi connectivity index (χ3n) is 3.27. The summed E-state index contributed by atoms with van der Waals surface area (Å²) in [5.41, 5.74) is 8.42. The zero-order valence-electron chi connectivity index (χ0n) is 10.3. The van der Waals surface area contributed by atoms with E-state index in [2.05, 4.69) is 16.8 Å². The first-order valence-corrected chi connectivity index (χ1v) is 6.32. The van der Waals surface area contributed by atoms with Gasteiger partial charge in [-0.1, -0.05) is 23.7 Å². The number of nitrogens with two attached hydrogens (primary N) is 1. The zero-order chi connectivity index (χ0) is 12.4. The molecule has 0 aliphatic carbocycles. The lowest BCUT2D eigenvalue weighted by molar-refractivity contribution is 0.468. The van der Waals surface area contributed by atoms with Gasteiger partial charge >= 0.3 is 0 Å². The number of nitrogens with zero attached hydrogens (tertiary/aromatic N) is 2. The Balaban J connectivity index is 2.31. The van der Waals surface area contributed by atoms with Gasteiger partial charge in [-0.15, -0.1) is 0 Å². The van der Waals surface area contributed by atoms with Crippen LogP contribution < -0.4 is 5.73 Å². The molecule has 17 heavy (non-hydrogen) atoms. The van der Waals surface area contributed by atoms with Crippen LogP contribution in [-0.4, -0.2) is 30.4 Å². The van der Waals surface area contributed by atoms with Crippen LogP contribution in [0.1, 0.15) is 24.1 Å². The Morgan fingerprint density at radius 2 is 2.29 bits per heavy atom. The van der Waals surface area contributed by atoms with E-state index in [1.54, 1.807) is 0 Å². The van der Waals surface area contributed by atoms with Gasteiger partial charge in [-0.25, -0.2) is 0 Å². The highest BCUT2D eigenvalue weighted by atomic mass is 35.5. The predicted molar refractivity (Wildman–Crippen MR) is 72.7 cm³/mol. The zero-order valence-corrected chi connectivity index (χ0v) is 11.0. The van der Waals surface area contributed by atoms with E-state index in [4.69, 9.17) is 17.3 Å². The minimum atomic E-state index is -0.170. The van der Waals surface area contributed by atoms with Crippen LogP contribution in [0, 0.1) is 6.92 Å². The van der Waals surface area contributed by atoms with Gasteiger partial charge in [-0.3, -0.25) is 4.99 Å². The van der Waals surface area contributed by atoms with Gasteiger partial charge in [0.1, 0.15) is 5.84 Å². The van der Waals surface area contributed by atoms with Gasteiger partial charge in [-0.05, 0) is 31.0 Å². The van der Waals surface area contributed by atoms with E-state index in [-0.39, 0.29) is 6.04 Å². The van der Waals surface area contributed by atoms with Crippen molar-refractivity contribution in [3.63, 3.8) is 0 Å². The topological polar surface area (TPSA) is 41.6 Å². The van der Waals surface area contributed by atoms with Gasteiger partial charge in [0.2, 0.25) is 0 Å². The molecule has 1 aliphatic rings. The molecule has 0 aromatic heterocycles. The highest BCUT2D eigenvalue weighted by Crippen LogP contribution is 2.25. The van der Waals surface area contributed by atoms with E-state index < -0.39 is 0 Å². The van der Waals surface area contributed by atoms with Crippen LogP contribution in [-0.2, 0) is 0 Å². The SMILES string of the molecule is CCN1CCN=C1C(N)c1cccc(Cl)c1C. The third kappa shape index (κ3) is 2.31. The summed E-state index contributed by atoms with van der Waals surface area (Å²) in [5.74, 6) is 0.984. The molecule has 2 rings (SSSR count). The van der Waals surface area contributed by atoms with Crippen molar-refractivity contribution in [1.29, 1.82) is 0 Å². The van der Waals surface area contributed by atoms with Crippen molar-refractivity contribution >= 4 is 17.4 Å². The van der Waals surface area contributed by atoms with E-state index >= 15 is 0 Å². The molecule has 0 amide bonds. The molecule has 1 aliphatic heterocycles. The van der Waals surface area contributed by atoms with Crippen LogP contribution >= 0.6 is 11.6 Å². The summed E-state index contributed by atoms with van der Waals surface area (Å²) in [6, 6.07) is 5.69. The van der Waals surface area contributed by atoms with Crippen LogP contribution in [0.5, 0.6) is 0 Å². The molecule has 1 atom stereocenters. The fraction of sp³-hybridized carbons (Fsp3) is 0.462. The second-order valence-electron chi connectivity index (χ2n) is 4.25. The van der Waals surface area contributed by atoms with E-state index in [1.807, 2.05) is 25.1 Å². The van der Waals surface area contributed by atoms with Gasteiger partial charge in [0.25, 0.3) is 0 Å². The van der Waals surface area contributed by atoms with Crippen molar-refractivity contribution in [3.05, 3.63) is 34.3 Å². The molecule has 1 aromatic rings. The number of rotatable bonds is 3. The van der Waals surface area contributed by atoms with E-state index in [0.717, 1.165) is 41.6 Å². The molecule has 1 aromatic carbocycles. The van der Waals surface area contributed by atoms with Crippen LogP contribution in [0.3, 0.4) is 0 Å². The summed E-state index contributed by atoms with van der Waals surface area (Å²) in [5, 5.41) is 0.764. The Kier molecular flexibility index (Phi) is 3.69. The molecule has 2 N–H and O–H groups in total. The standard InChI is InChI=1S/C13H18ClN3/c1-3-17-8-7-16-13(17)12(15)10-5-4-6-11(14)9(10)2/h4-6,12H,3,7-8,15H2,1-2H3. The second kappa shape index (κ2) is 5.07. The first kappa shape index (κ1) is 12.4.